The summed E-state index contributed by atoms with van der Waals surface area (Å²) >= 11 is 0. The van der Waals surface area contributed by atoms with E-state index in [0.29, 0.717) is 6.61 Å². The molecule has 0 amide bonds. The summed E-state index contributed by atoms with van der Waals surface area (Å²) in [6.07, 6.45) is -0.594. The van der Waals surface area contributed by atoms with Crippen LogP contribution in [0.1, 0.15) is 13.8 Å². The fourth-order valence-electron chi connectivity index (χ4n) is 1.29. The van der Waals surface area contributed by atoms with Crippen LogP contribution in [0.15, 0.2) is 24.3 Å². The second kappa shape index (κ2) is 7.66. The van der Waals surface area contributed by atoms with Crippen molar-refractivity contribution in [2.75, 3.05) is 19.8 Å². The number of esters is 1. The molecule has 0 aliphatic heterocycles. The highest BCUT2D eigenvalue weighted by Crippen LogP contribution is 2.14. The predicted molar refractivity (Wildman–Crippen MR) is 63.9 cm³/mol. The van der Waals surface area contributed by atoms with Gasteiger partial charge in [-0.25, -0.2) is 9.18 Å². The van der Waals surface area contributed by atoms with Crippen molar-refractivity contribution < 1.29 is 23.4 Å². The van der Waals surface area contributed by atoms with Crippen LogP contribution in [0.4, 0.5) is 4.39 Å². The molecule has 0 heterocycles. The molecule has 1 aromatic rings. The van der Waals surface area contributed by atoms with Crippen LogP contribution in [0.5, 0.6) is 5.75 Å². The number of halogens is 1. The van der Waals surface area contributed by atoms with Crippen molar-refractivity contribution in [2.45, 2.75) is 20.0 Å². The van der Waals surface area contributed by atoms with E-state index in [0.717, 1.165) is 0 Å². The fraction of sp³-hybridized carbons (Fsp3) is 0.462. The Morgan fingerprint density at radius 2 is 2.06 bits per heavy atom. The minimum atomic E-state index is -0.594. The summed E-state index contributed by atoms with van der Waals surface area (Å²) in [5.41, 5.74) is 0. The number of carbonyl (C=O) groups is 1. The number of hydrogen-bond donors (Lipinski definition) is 0. The first-order valence-electron chi connectivity index (χ1n) is 5.80. The van der Waals surface area contributed by atoms with E-state index >= 15 is 0 Å². The van der Waals surface area contributed by atoms with Gasteiger partial charge in [0.25, 0.3) is 0 Å². The van der Waals surface area contributed by atoms with Gasteiger partial charge in [0, 0.05) is 6.61 Å². The van der Waals surface area contributed by atoms with E-state index in [9.17, 15) is 9.18 Å². The number of rotatable bonds is 7. The molecule has 5 heteroatoms. The van der Waals surface area contributed by atoms with Crippen LogP contribution in [0.3, 0.4) is 0 Å². The van der Waals surface area contributed by atoms with Gasteiger partial charge in [0.05, 0.1) is 0 Å². The van der Waals surface area contributed by atoms with Gasteiger partial charge in [-0.1, -0.05) is 12.1 Å². The summed E-state index contributed by atoms with van der Waals surface area (Å²) < 4.78 is 28.3. The molecule has 4 nitrogen and oxygen atoms in total. The molecule has 0 fully saturated rings. The Balaban J connectivity index is 2.23. The van der Waals surface area contributed by atoms with Crippen LogP contribution in [-0.2, 0) is 14.3 Å². The van der Waals surface area contributed by atoms with Gasteiger partial charge in [-0.2, -0.15) is 0 Å². The molecule has 0 aromatic heterocycles. The second-order valence-corrected chi connectivity index (χ2v) is 3.54. The van der Waals surface area contributed by atoms with E-state index < -0.39 is 17.9 Å². The molecule has 0 N–H and O–H groups in total. The van der Waals surface area contributed by atoms with Gasteiger partial charge in [-0.3, -0.25) is 0 Å². The molecule has 0 saturated carbocycles. The van der Waals surface area contributed by atoms with Crippen molar-refractivity contribution >= 4 is 5.97 Å². The van der Waals surface area contributed by atoms with E-state index in [1.54, 1.807) is 26.0 Å². The van der Waals surface area contributed by atoms with E-state index in [1.165, 1.54) is 12.1 Å². The zero-order valence-corrected chi connectivity index (χ0v) is 10.5. The molecular formula is C13H17FO4. The van der Waals surface area contributed by atoms with Gasteiger partial charge in [0.15, 0.2) is 17.7 Å². The van der Waals surface area contributed by atoms with Gasteiger partial charge >= 0.3 is 5.97 Å². The Hall–Kier alpha value is -1.62. The van der Waals surface area contributed by atoms with Crippen LogP contribution >= 0.6 is 0 Å². The molecule has 1 aromatic carbocycles. The van der Waals surface area contributed by atoms with Gasteiger partial charge in [-0.05, 0) is 26.0 Å². The van der Waals surface area contributed by atoms with Crippen LogP contribution in [0, 0.1) is 5.82 Å². The first kappa shape index (κ1) is 14.4. The molecule has 1 atom stereocenters. The monoisotopic (exact) mass is 256 g/mol. The van der Waals surface area contributed by atoms with E-state index in [-0.39, 0.29) is 19.0 Å². The topological polar surface area (TPSA) is 44.8 Å². The zero-order chi connectivity index (χ0) is 13.4. The number of hydrogen-bond acceptors (Lipinski definition) is 4. The highest BCUT2D eigenvalue weighted by atomic mass is 19.1. The van der Waals surface area contributed by atoms with Crippen molar-refractivity contribution in [3.05, 3.63) is 30.1 Å². The van der Waals surface area contributed by atoms with Gasteiger partial charge in [-0.15, -0.1) is 0 Å². The third kappa shape index (κ3) is 4.71. The van der Waals surface area contributed by atoms with Crippen molar-refractivity contribution in [3.8, 4) is 5.75 Å². The molecule has 1 unspecified atom stereocenters. The third-order valence-corrected chi connectivity index (χ3v) is 2.17. The zero-order valence-electron chi connectivity index (χ0n) is 10.5. The summed E-state index contributed by atoms with van der Waals surface area (Å²) in [5.74, 6) is -0.744. The van der Waals surface area contributed by atoms with E-state index in [4.69, 9.17) is 14.2 Å². The van der Waals surface area contributed by atoms with E-state index in [2.05, 4.69) is 0 Å². The number of carbonyl (C=O) groups excluding carboxylic acids is 1. The SMILES string of the molecule is CCOC(C)C(=O)OCCOc1ccccc1F. The Labute approximate surface area is 106 Å². The summed E-state index contributed by atoms with van der Waals surface area (Å²) in [5, 5.41) is 0. The molecule has 100 valence electrons. The lowest BCUT2D eigenvalue weighted by molar-refractivity contribution is -0.156. The Morgan fingerprint density at radius 3 is 2.72 bits per heavy atom. The van der Waals surface area contributed by atoms with Crippen molar-refractivity contribution in [2.24, 2.45) is 0 Å². The van der Waals surface area contributed by atoms with Crippen molar-refractivity contribution in [1.82, 2.24) is 0 Å². The van der Waals surface area contributed by atoms with Gasteiger partial charge < -0.3 is 14.2 Å². The molecule has 18 heavy (non-hydrogen) atoms. The highest BCUT2D eigenvalue weighted by Gasteiger charge is 2.13. The summed E-state index contributed by atoms with van der Waals surface area (Å²) in [6, 6.07) is 6.06. The van der Waals surface area contributed by atoms with Crippen molar-refractivity contribution in [1.29, 1.82) is 0 Å². The lowest BCUT2D eigenvalue weighted by Crippen LogP contribution is -2.25. The third-order valence-electron chi connectivity index (χ3n) is 2.17. The standard InChI is InChI=1S/C13H17FO4/c1-3-16-10(2)13(15)18-9-8-17-12-7-5-4-6-11(12)14/h4-7,10H,3,8-9H2,1-2H3. The normalized spacial score (nSPS) is 11.9. The molecular weight excluding hydrogens is 239 g/mol. The molecule has 0 spiro atoms. The molecule has 1 rings (SSSR count). The number of para-hydroxylation sites is 1. The summed E-state index contributed by atoms with van der Waals surface area (Å²) in [4.78, 5) is 11.3. The Kier molecular flexibility index (Phi) is 6.14. The summed E-state index contributed by atoms with van der Waals surface area (Å²) in [7, 11) is 0. The molecule has 0 bridgehead atoms. The highest BCUT2D eigenvalue weighted by molar-refractivity contribution is 5.74. The first-order chi connectivity index (χ1) is 8.65. The molecule has 0 aliphatic carbocycles. The molecule has 0 radical (unpaired) electrons. The number of benzene rings is 1. The quantitative estimate of drug-likeness (QED) is 0.554. The van der Waals surface area contributed by atoms with Crippen LogP contribution in [0.25, 0.3) is 0 Å². The van der Waals surface area contributed by atoms with E-state index in [1.807, 2.05) is 0 Å². The molecule has 0 saturated heterocycles. The molecule has 0 aliphatic rings. The average Bonchev–Trinajstić information content (AvgIpc) is 2.36. The summed E-state index contributed by atoms with van der Waals surface area (Å²) in [6.45, 7) is 4.02. The van der Waals surface area contributed by atoms with Crippen molar-refractivity contribution in [3.63, 3.8) is 0 Å². The second-order valence-electron chi connectivity index (χ2n) is 3.54. The smallest absolute Gasteiger partial charge is 0.335 e. The van der Waals surface area contributed by atoms with Crippen LogP contribution < -0.4 is 4.74 Å². The largest absolute Gasteiger partial charge is 0.487 e. The van der Waals surface area contributed by atoms with Gasteiger partial charge in [0.1, 0.15) is 13.2 Å². The van der Waals surface area contributed by atoms with Gasteiger partial charge in [0.2, 0.25) is 0 Å². The lowest BCUT2D eigenvalue weighted by atomic mass is 10.3. The minimum absolute atomic E-state index is 0.0601. The van der Waals surface area contributed by atoms with Crippen LogP contribution in [-0.4, -0.2) is 31.9 Å². The fourth-order valence-corrected chi connectivity index (χ4v) is 1.29. The maximum Gasteiger partial charge on any atom is 0.335 e. The maximum absolute atomic E-state index is 13.2. The Morgan fingerprint density at radius 1 is 1.33 bits per heavy atom. The predicted octanol–water partition coefficient (Wildman–Crippen LogP) is 2.17. The minimum Gasteiger partial charge on any atom is -0.487 e. The first-order valence-corrected chi connectivity index (χ1v) is 5.80. The Bertz CT molecular complexity index is 381. The maximum atomic E-state index is 13.2. The lowest BCUT2D eigenvalue weighted by Gasteiger charge is -2.11. The average molecular weight is 256 g/mol. The van der Waals surface area contributed by atoms with Crippen LogP contribution in [0.2, 0.25) is 0 Å². The number of ether oxygens (including phenoxy) is 3.